The molecule has 0 aliphatic rings. The first-order valence-electron chi connectivity index (χ1n) is 8.95. The van der Waals surface area contributed by atoms with Crippen LogP contribution in [0.2, 0.25) is 0 Å². The highest BCUT2D eigenvalue weighted by atomic mass is 79.9. The van der Waals surface area contributed by atoms with Crippen LogP contribution in [0.5, 0.6) is 0 Å². The quantitative estimate of drug-likeness (QED) is 0.417. The van der Waals surface area contributed by atoms with E-state index in [2.05, 4.69) is 31.0 Å². The minimum absolute atomic E-state index is 0.000722. The molecule has 2 N–H and O–H groups in total. The molecule has 0 saturated carbocycles. The van der Waals surface area contributed by atoms with Gasteiger partial charge >= 0.3 is 0 Å². The van der Waals surface area contributed by atoms with Gasteiger partial charge < -0.3 is 5.32 Å². The number of pyridine rings is 1. The van der Waals surface area contributed by atoms with E-state index in [0.29, 0.717) is 11.4 Å². The smallest absolute Gasteiger partial charge is 0.261 e. The number of hydrogen-bond donors (Lipinski definition) is 2. The van der Waals surface area contributed by atoms with Crippen molar-refractivity contribution in [2.45, 2.75) is 4.90 Å². The average Bonchev–Trinajstić information content (AvgIpc) is 2.75. The van der Waals surface area contributed by atoms with Crippen LogP contribution in [-0.2, 0) is 10.0 Å². The minimum Gasteiger partial charge on any atom is -0.322 e. The van der Waals surface area contributed by atoms with Gasteiger partial charge in [0, 0.05) is 33.0 Å². The van der Waals surface area contributed by atoms with Crippen molar-refractivity contribution in [2.75, 3.05) is 10.0 Å². The van der Waals surface area contributed by atoms with Crippen LogP contribution in [0.1, 0.15) is 10.4 Å². The Labute approximate surface area is 182 Å². The SMILES string of the molecule is O=C(Nc1ccc2ncccc2c1)c1cccc(S(=O)(=O)Nc2ccc(Br)cc2)c1. The standard InChI is InChI=1S/C22H16BrN3O3S/c23-17-6-8-18(9-7-17)26-30(28,29)20-5-1-3-16(14-20)22(27)25-19-10-11-21-15(13-19)4-2-12-24-21/h1-14,26H,(H,25,27). The molecule has 0 radical (unpaired) electrons. The number of sulfonamides is 1. The van der Waals surface area contributed by atoms with Gasteiger partial charge in [-0.3, -0.25) is 14.5 Å². The van der Waals surface area contributed by atoms with Crippen LogP contribution < -0.4 is 10.0 Å². The molecular formula is C22H16BrN3O3S. The molecule has 3 aromatic carbocycles. The van der Waals surface area contributed by atoms with Gasteiger partial charge in [0.1, 0.15) is 0 Å². The first-order chi connectivity index (χ1) is 14.4. The van der Waals surface area contributed by atoms with E-state index in [1.54, 1.807) is 42.6 Å². The average molecular weight is 482 g/mol. The summed E-state index contributed by atoms with van der Waals surface area (Å²) in [6.07, 6.45) is 1.70. The van der Waals surface area contributed by atoms with Crippen LogP contribution in [-0.4, -0.2) is 19.3 Å². The number of nitrogens with zero attached hydrogens (tertiary/aromatic N) is 1. The van der Waals surface area contributed by atoms with Crippen molar-refractivity contribution < 1.29 is 13.2 Å². The second-order valence-electron chi connectivity index (χ2n) is 6.51. The van der Waals surface area contributed by atoms with E-state index in [-0.39, 0.29) is 10.5 Å². The van der Waals surface area contributed by atoms with E-state index in [1.807, 2.05) is 24.3 Å². The van der Waals surface area contributed by atoms with Crippen molar-refractivity contribution in [1.29, 1.82) is 0 Å². The Kier molecular flexibility index (Phi) is 5.52. The normalized spacial score (nSPS) is 11.2. The lowest BCUT2D eigenvalue weighted by Gasteiger charge is -2.10. The number of carbonyl (C=O) groups excluding carboxylic acids is 1. The Balaban J connectivity index is 1.55. The highest BCUT2D eigenvalue weighted by Gasteiger charge is 2.17. The lowest BCUT2D eigenvalue weighted by atomic mass is 10.1. The van der Waals surface area contributed by atoms with Gasteiger partial charge in [-0.05, 0) is 66.7 Å². The van der Waals surface area contributed by atoms with Crippen LogP contribution in [0.25, 0.3) is 10.9 Å². The van der Waals surface area contributed by atoms with Gasteiger partial charge in [0.05, 0.1) is 10.4 Å². The van der Waals surface area contributed by atoms with Crippen molar-refractivity contribution in [1.82, 2.24) is 4.98 Å². The number of nitrogens with one attached hydrogen (secondary N) is 2. The monoisotopic (exact) mass is 481 g/mol. The van der Waals surface area contributed by atoms with Crippen molar-refractivity contribution >= 4 is 54.1 Å². The van der Waals surface area contributed by atoms with E-state index in [4.69, 9.17) is 0 Å². The Morgan fingerprint density at radius 2 is 1.63 bits per heavy atom. The number of aromatic nitrogens is 1. The number of hydrogen-bond acceptors (Lipinski definition) is 4. The Morgan fingerprint density at radius 1 is 0.867 bits per heavy atom. The molecule has 0 aliphatic heterocycles. The molecule has 0 unspecified atom stereocenters. The Morgan fingerprint density at radius 3 is 2.43 bits per heavy atom. The largest absolute Gasteiger partial charge is 0.322 e. The maximum atomic E-state index is 12.7. The van der Waals surface area contributed by atoms with Gasteiger partial charge in [-0.2, -0.15) is 0 Å². The number of fused-ring (bicyclic) bond motifs is 1. The molecule has 0 spiro atoms. The van der Waals surface area contributed by atoms with Crippen LogP contribution in [0, 0.1) is 0 Å². The molecule has 30 heavy (non-hydrogen) atoms. The zero-order chi connectivity index (χ0) is 21.1. The molecule has 1 aromatic heterocycles. The molecule has 0 saturated heterocycles. The molecule has 0 bridgehead atoms. The third-order valence-electron chi connectivity index (χ3n) is 4.36. The van der Waals surface area contributed by atoms with Gasteiger partial charge in [-0.15, -0.1) is 0 Å². The number of anilines is 2. The summed E-state index contributed by atoms with van der Waals surface area (Å²) in [7, 11) is -3.84. The molecule has 1 heterocycles. The van der Waals surface area contributed by atoms with Gasteiger partial charge in [0.2, 0.25) is 0 Å². The fraction of sp³-hybridized carbons (Fsp3) is 0. The predicted octanol–water partition coefficient (Wildman–Crippen LogP) is 5.05. The number of amides is 1. The van der Waals surface area contributed by atoms with Crippen LogP contribution in [0.15, 0.2) is 94.4 Å². The highest BCUT2D eigenvalue weighted by molar-refractivity contribution is 9.10. The van der Waals surface area contributed by atoms with Gasteiger partial charge in [0.25, 0.3) is 15.9 Å². The van der Waals surface area contributed by atoms with Crippen molar-refractivity contribution in [3.05, 3.63) is 95.1 Å². The molecule has 0 aliphatic carbocycles. The second-order valence-corrected chi connectivity index (χ2v) is 9.10. The summed E-state index contributed by atoms with van der Waals surface area (Å²) in [5.41, 5.74) is 2.09. The number of benzene rings is 3. The van der Waals surface area contributed by atoms with Crippen LogP contribution in [0.4, 0.5) is 11.4 Å². The minimum atomic E-state index is -3.84. The molecule has 4 aromatic rings. The molecule has 150 valence electrons. The zero-order valence-corrected chi connectivity index (χ0v) is 17.9. The summed E-state index contributed by atoms with van der Waals surface area (Å²) in [6, 6.07) is 21.8. The van der Waals surface area contributed by atoms with Gasteiger partial charge in [-0.25, -0.2) is 8.42 Å². The summed E-state index contributed by atoms with van der Waals surface area (Å²) in [6.45, 7) is 0. The molecule has 8 heteroatoms. The summed E-state index contributed by atoms with van der Waals surface area (Å²) in [5.74, 6) is -0.404. The summed E-state index contributed by atoms with van der Waals surface area (Å²) >= 11 is 3.31. The number of rotatable bonds is 5. The molecule has 6 nitrogen and oxygen atoms in total. The molecule has 1 amide bonds. The predicted molar refractivity (Wildman–Crippen MR) is 121 cm³/mol. The van der Waals surface area contributed by atoms with E-state index in [0.717, 1.165) is 15.4 Å². The first-order valence-corrected chi connectivity index (χ1v) is 11.2. The maximum absolute atomic E-state index is 12.7. The Bertz CT molecular complexity index is 1340. The van der Waals surface area contributed by atoms with Gasteiger partial charge in [0.15, 0.2) is 0 Å². The van der Waals surface area contributed by atoms with Crippen LogP contribution >= 0.6 is 15.9 Å². The van der Waals surface area contributed by atoms with Crippen molar-refractivity contribution in [2.24, 2.45) is 0 Å². The molecule has 4 rings (SSSR count). The van der Waals surface area contributed by atoms with Crippen molar-refractivity contribution in [3.63, 3.8) is 0 Å². The fourth-order valence-electron chi connectivity index (χ4n) is 2.89. The number of halogens is 1. The second kappa shape index (κ2) is 8.25. The highest BCUT2D eigenvalue weighted by Crippen LogP contribution is 2.21. The molecule has 0 fully saturated rings. The fourth-order valence-corrected chi connectivity index (χ4v) is 4.26. The van der Waals surface area contributed by atoms with E-state index < -0.39 is 15.9 Å². The van der Waals surface area contributed by atoms with E-state index >= 15 is 0 Å². The lowest BCUT2D eigenvalue weighted by molar-refractivity contribution is 0.102. The third kappa shape index (κ3) is 4.50. The molecule has 0 atom stereocenters. The first kappa shape index (κ1) is 20.1. The third-order valence-corrected chi connectivity index (χ3v) is 6.27. The topological polar surface area (TPSA) is 88.2 Å². The lowest BCUT2D eigenvalue weighted by Crippen LogP contribution is -2.16. The molecular weight excluding hydrogens is 466 g/mol. The summed E-state index contributed by atoms with van der Waals surface area (Å²) in [4.78, 5) is 16.9. The van der Waals surface area contributed by atoms with Crippen LogP contribution in [0.3, 0.4) is 0 Å². The maximum Gasteiger partial charge on any atom is 0.261 e. The van der Waals surface area contributed by atoms with Gasteiger partial charge in [-0.1, -0.05) is 28.1 Å². The Hall–Kier alpha value is -3.23. The van der Waals surface area contributed by atoms with E-state index in [9.17, 15) is 13.2 Å². The van der Waals surface area contributed by atoms with Crippen molar-refractivity contribution in [3.8, 4) is 0 Å². The summed E-state index contributed by atoms with van der Waals surface area (Å²) < 4.78 is 28.8. The number of carbonyl (C=O) groups is 1. The zero-order valence-electron chi connectivity index (χ0n) is 15.5. The summed E-state index contributed by atoms with van der Waals surface area (Å²) in [5, 5.41) is 3.69. The van der Waals surface area contributed by atoms with E-state index in [1.165, 1.54) is 18.2 Å².